The third kappa shape index (κ3) is 3.21. The number of aliphatic carboxylic acids is 1. The number of hydrogen-bond donors (Lipinski definition) is 2. The number of hydrogen-bond acceptors (Lipinski definition) is 2. The molecule has 0 aliphatic rings. The fourth-order valence-electron chi connectivity index (χ4n) is 0.257. The van der Waals surface area contributed by atoms with E-state index in [1.165, 1.54) is 0 Å². The van der Waals surface area contributed by atoms with E-state index in [4.69, 9.17) is 5.11 Å². The Bertz CT molecular complexity index is 118. The highest BCUT2D eigenvalue weighted by Gasteiger charge is 1.87. The summed E-state index contributed by atoms with van der Waals surface area (Å²) < 4.78 is 0. The topological polar surface area (TPSA) is 49.3 Å². The molecule has 8 heavy (non-hydrogen) atoms. The van der Waals surface area contributed by atoms with Crippen LogP contribution in [0.3, 0.4) is 0 Å². The first-order valence-electron chi connectivity index (χ1n) is 2.26. The average molecular weight is 115 g/mol. The molecule has 0 fully saturated rings. The zero-order valence-corrected chi connectivity index (χ0v) is 4.93. The summed E-state index contributed by atoms with van der Waals surface area (Å²) >= 11 is 0. The van der Waals surface area contributed by atoms with Crippen LogP contribution in [0.15, 0.2) is 11.8 Å². The minimum atomic E-state index is -0.920. The molecule has 0 unspecified atom stereocenters. The normalized spacial score (nSPS) is 11.0. The van der Waals surface area contributed by atoms with Crippen LogP contribution in [-0.4, -0.2) is 18.1 Å². The number of allylic oxidation sites excluding steroid dienone is 1. The van der Waals surface area contributed by atoms with Gasteiger partial charge in [-0.1, -0.05) is 0 Å². The van der Waals surface area contributed by atoms with Gasteiger partial charge in [0.25, 0.3) is 0 Å². The lowest BCUT2D eigenvalue weighted by atomic mass is 10.4. The SMILES string of the molecule is CNC(C)=CC(=O)O. The molecule has 0 spiro atoms. The van der Waals surface area contributed by atoms with Gasteiger partial charge in [0.1, 0.15) is 0 Å². The Morgan fingerprint density at radius 2 is 2.25 bits per heavy atom. The second-order valence-electron chi connectivity index (χ2n) is 1.42. The molecule has 0 amide bonds. The molecule has 0 aromatic rings. The maximum atomic E-state index is 9.85. The molecule has 0 rings (SSSR count). The summed E-state index contributed by atoms with van der Waals surface area (Å²) in [5.74, 6) is -0.920. The van der Waals surface area contributed by atoms with Crippen molar-refractivity contribution in [2.75, 3.05) is 7.05 Å². The van der Waals surface area contributed by atoms with E-state index in [0.717, 1.165) is 6.08 Å². The standard InChI is InChI=1S/C5H9NO2/c1-4(6-2)3-5(7)8/h3,6H,1-2H3,(H,7,8). The largest absolute Gasteiger partial charge is 0.478 e. The summed E-state index contributed by atoms with van der Waals surface area (Å²) in [5.41, 5.74) is 0.650. The van der Waals surface area contributed by atoms with Gasteiger partial charge in [-0.25, -0.2) is 4.79 Å². The Labute approximate surface area is 48.0 Å². The molecule has 0 atom stereocenters. The van der Waals surface area contributed by atoms with Gasteiger partial charge >= 0.3 is 5.97 Å². The minimum Gasteiger partial charge on any atom is -0.478 e. The van der Waals surface area contributed by atoms with E-state index in [1.807, 2.05) is 0 Å². The van der Waals surface area contributed by atoms with E-state index in [0.29, 0.717) is 5.70 Å². The van der Waals surface area contributed by atoms with Crippen molar-refractivity contribution in [1.29, 1.82) is 0 Å². The number of nitrogens with one attached hydrogen (secondary N) is 1. The Balaban J connectivity index is 3.75. The van der Waals surface area contributed by atoms with Gasteiger partial charge in [0, 0.05) is 18.8 Å². The third-order valence-electron chi connectivity index (χ3n) is 0.734. The van der Waals surface area contributed by atoms with Gasteiger partial charge in [0.2, 0.25) is 0 Å². The van der Waals surface area contributed by atoms with E-state index in [9.17, 15) is 4.79 Å². The Morgan fingerprint density at radius 1 is 1.75 bits per heavy atom. The van der Waals surface area contributed by atoms with Gasteiger partial charge < -0.3 is 10.4 Å². The van der Waals surface area contributed by atoms with Crippen LogP contribution in [0.5, 0.6) is 0 Å². The van der Waals surface area contributed by atoms with Gasteiger partial charge in [-0.3, -0.25) is 0 Å². The zero-order chi connectivity index (χ0) is 6.57. The van der Waals surface area contributed by atoms with E-state index < -0.39 is 5.97 Å². The predicted molar refractivity (Wildman–Crippen MR) is 30.5 cm³/mol. The van der Waals surface area contributed by atoms with Crippen LogP contribution in [0.25, 0.3) is 0 Å². The first-order valence-corrected chi connectivity index (χ1v) is 2.26. The van der Waals surface area contributed by atoms with Crippen LogP contribution >= 0.6 is 0 Å². The molecule has 0 aliphatic heterocycles. The van der Waals surface area contributed by atoms with Crippen LogP contribution in [0.4, 0.5) is 0 Å². The number of rotatable bonds is 2. The highest BCUT2D eigenvalue weighted by Crippen LogP contribution is 1.81. The van der Waals surface area contributed by atoms with Gasteiger partial charge in [0.05, 0.1) is 0 Å². The van der Waals surface area contributed by atoms with E-state index in [1.54, 1.807) is 14.0 Å². The maximum absolute atomic E-state index is 9.85. The van der Waals surface area contributed by atoms with Gasteiger partial charge in [-0.15, -0.1) is 0 Å². The Hall–Kier alpha value is -0.990. The summed E-state index contributed by atoms with van der Waals surface area (Å²) in [5, 5.41) is 10.8. The molecule has 0 saturated carbocycles. The molecule has 46 valence electrons. The molecule has 2 N–H and O–H groups in total. The fraction of sp³-hybridized carbons (Fsp3) is 0.400. The monoisotopic (exact) mass is 115 g/mol. The highest BCUT2D eigenvalue weighted by atomic mass is 16.4. The van der Waals surface area contributed by atoms with Crippen LogP contribution in [0.2, 0.25) is 0 Å². The number of carbonyl (C=O) groups is 1. The maximum Gasteiger partial charge on any atom is 0.330 e. The van der Waals surface area contributed by atoms with E-state index in [-0.39, 0.29) is 0 Å². The summed E-state index contributed by atoms with van der Waals surface area (Å²) in [6, 6.07) is 0. The quantitative estimate of drug-likeness (QED) is 0.505. The van der Waals surface area contributed by atoms with Crippen molar-refractivity contribution in [2.45, 2.75) is 6.92 Å². The van der Waals surface area contributed by atoms with E-state index >= 15 is 0 Å². The first-order chi connectivity index (χ1) is 3.66. The smallest absolute Gasteiger partial charge is 0.330 e. The lowest BCUT2D eigenvalue weighted by molar-refractivity contribution is -0.131. The first kappa shape index (κ1) is 7.01. The molecule has 0 aromatic carbocycles. The summed E-state index contributed by atoms with van der Waals surface area (Å²) in [6.45, 7) is 1.69. The average Bonchev–Trinajstić information content (AvgIpc) is 1.65. The van der Waals surface area contributed by atoms with Crippen molar-refractivity contribution in [3.8, 4) is 0 Å². The van der Waals surface area contributed by atoms with Crippen molar-refractivity contribution in [1.82, 2.24) is 5.32 Å². The Kier molecular flexibility index (Phi) is 2.69. The lowest BCUT2D eigenvalue weighted by Gasteiger charge is -1.92. The molecule has 3 nitrogen and oxygen atoms in total. The second kappa shape index (κ2) is 3.07. The summed E-state index contributed by atoms with van der Waals surface area (Å²) in [4.78, 5) is 9.85. The van der Waals surface area contributed by atoms with Gasteiger partial charge in [-0.2, -0.15) is 0 Å². The van der Waals surface area contributed by atoms with Crippen LogP contribution in [0, 0.1) is 0 Å². The highest BCUT2D eigenvalue weighted by molar-refractivity contribution is 5.80. The molecule has 0 saturated heterocycles. The van der Waals surface area contributed by atoms with Crippen molar-refractivity contribution < 1.29 is 9.90 Å². The lowest BCUT2D eigenvalue weighted by Crippen LogP contribution is -2.04. The molecule has 0 aliphatic carbocycles. The van der Waals surface area contributed by atoms with Crippen molar-refractivity contribution >= 4 is 5.97 Å². The molecular formula is C5H9NO2. The van der Waals surface area contributed by atoms with Crippen LogP contribution < -0.4 is 5.32 Å². The van der Waals surface area contributed by atoms with Crippen LogP contribution in [0.1, 0.15) is 6.92 Å². The molecular weight excluding hydrogens is 106 g/mol. The number of carboxylic acid groups (broad SMARTS) is 1. The Morgan fingerprint density at radius 3 is 2.38 bits per heavy atom. The van der Waals surface area contributed by atoms with Crippen molar-refractivity contribution in [3.05, 3.63) is 11.8 Å². The van der Waals surface area contributed by atoms with Gasteiger partial charge in [-0.05, 0) is 6.92 Å². The second-order valence-corrected chi connectivity index (χ2v) is 1.42. The third-order valence-corrected chi connectivity index (χ3v) is 0.734. The zero-order valence-electron chi connectivity index (χ0n) is 4.93. The molecule has 0 aromatic heterocycles. The van der Waals surface area contributed by atoms with Crippen LogP contribution in [-0.2, 0) is 4.79 Å². The minimum absolute atomic E-state index is 0.650. The molecule has 0 bridgehead atoms. The molecule has 0 radical (unpaired) electrons. The van der Waals surface area contributed by atoms with Crippen molar-refractivity contribution in [2.24, 2.45) is 0 Å². The molecule has 0 heterocycles. The summed E-state index contributed by atoms with van der Waals surface area (Å²) in [7, 11) is 1.68. The number of carboxylic acids is 1. The molecule has 3 heteroatoms. The summed E-state index contributed by atoms with van der Waals surface area (Å²) in [6.07, 6.45) is 1.11. The fourth-order valence-corrected chi connectivity index (χ4v) is 0.257. The van der Waals surface area contributed by atoms with Gasteiger partial charge in [0.15, 0.2) is 0 Å². The van der Waals surface area contributed by atoms with Crippen molar-refractivity contribution in [3.63, 3.8) is 0 Å². The van der Waals surface area contributed by atoms with E-state index in [2.05, 4.69) is 5.32 Å². The predicted octanol–water partition coefficient (Wildman–Crippen LogP) is 0.194.